The van der Waals surface area contributed by atoms with Gasteiger partial charge in [-0.3, -0.25) is 19.3 Å². The van der Waals surface area contributed by atoms with Crippen molar-refractivity contribution < 1.29 is 19.5 Å². The summed E-state index contributed by atoms with van der Waals surface area (Å²) in [4.78, 5) is 37.9. The van der Waals surface area contributed by atoms with Crippen LogP contribution in [0.5, 0.6) is 0 Å². The fourth-order valence-electron chi connectivity index (χ4n) is 3.53. The molecule has 27 heavy (non-hydrogen) atoms. The van der Waals surface area contributed by atoms with E-state index in [0.717, 1.165) is 30.6 Å². The molecular weight excluding hydrogens is 346 g/mol. The molecule has 3 N–H and O–H groups in total. The van der Waals surface area contributed by atoms with Crippen molar-refractivity contribution in [3.8, 4) is 0 Å². The van der Waals surface area contributed by atoms with Crippen LogP contribution in [0.3, 0.4) is 0 Å². The molecule has 1 aromatic rings. The van der Waals surface area contributed by atoms with Gasteiger partial charge in [0, 0.05) is 12.1 Å². The van der Waals surface area contributed by atoms with E-state index in [1.54, 1.807) is 24.3 Å². The fourth-order valence-corrected chi connectivity index (χ4v) is 3.53. The molecule has 2 aliphatic rings. The first-order chi connectivity index (χ1) is 13.1. The van der Waals surface area contributed by atoms with E-state index in [4.69, 9.17) is 5.11 Å². The van der Waals surface area contributed by atoms with Crippen LogP contribution in [0.4, 0.5) is 5.69 Å². The van der Waals surface area contributed by atoms with Crippen LogP contribution in [0.25, 0.3) is 0 Å². The first kappa shape index (κ1) is 19.1. The normalized spacial score (nSPS) is 18.3. The highest BCUT2D eigenvalue weighted by Gasteiger charge is 2.31. The Labute approximate surface area is 158 Å². The third kappa shape index (κ3) is 4.54. The Balaban J connectivity index is 1.72. The summed E-state index contributed by atoms with van der Waals surface area (Å²) in [5, 5.41) is 15.0. The lowest BCUT2D eigenvalue weighted by Gasteiger charge is -2.18. The highest BCUT2D eigenvalue weighted by atomic mass is 16.3. The van der Waals surface area contributed by atoms with E-state index < -0.39 is 11.8 Å². The summed E-state index contributed by atoms with van der Waals surface area (Å²) in [7, 11) is 0. The monoisotopic (exact) mass is 371 g/mol. The lowest BCUT2D eigenvalue weighted by Crippen LogP contribution is -2.35. The van der Waals surface area contributed by atoms with Gasteiger partial charge in [0.2, 0.25) is 0 Å². The Kier molecular flexibility index (Phi) is 6.24. The van der Waals surface area contributed by atoms with Gasteiger partial charge in [0.15, 0.2) is 0 Å². The van der Waals surface area contributed by atoms with Crippen molar-refractivity contribution in [3.05, 3.63) is 41.6 Å². The van der Waals surface area contributed by atoms with Crippen LogP contribution in [0.1, 0.15) is 48.9 Å². The third-order valence-electron chi connectivity index (χ3n) is 4.96. The number of anilines is 1. The number of para-hydroxylation sites is 1. The summed E-state index contributed by atoms with van der Waals surface area (Å²) in [5.41, 5.74) is 1.01. The Morgan fingerprint density at radius 3 is 2.52 bits per heavy atom. The molecule has 7 heteroatoms. The zero-order valence-corrected chi connectivity index (χ0v) is 15.2. The number of aliphatic hydroxyl groups excluding tert-OH is 1. The van der Waals surface area contributed by atoms with Gasteiger partial charge in [-0.25, -0.2) is 0 Å². The maximum Gasteiger partial charge on any atom is 0.277 e. The molecule has 0 unspecified atom stereocenters. The van der Waals surface area contributed by atoms with E-state index in [1.807, 2.05) is 0 Å². The maximum absolute atomic E-state index is 12.8. The lowest BCUT2D eigenvalue weighted by atomic mass is 10.1. The summed E-state index contributed by atoms with van der Waals surface area (Å²) in [5.74, 6) is -1.17. The van der Waals surface area contributed by atoms with Crippen LogP contribution in [-0.2, 0) is 9.59 Å². The Hall–Kier alpha value is -2.67. The van der Waals surface area contributed by atoms with Crippen molar-refractivity contribution in [2.24, 2.45) is 0 Å². The number of hydrogen-bond acceptors (Lipinski definition) is 5. The van der Waals surface area contributed by atoms with Crippen LogP contribution in [0.15, 0.2) is 36.0 Å². The van der Waals surface area contributed by atoms with Gasteiger partial charge in [0.1, 0.15) is 5.70 Å². The number of benzene rings is 1. The van der Waals surface area contributed by atoms with Gasteiger partial charge in [0.05, 0.1) is 24.4 Å². The Morgan fingerprint density at radius 1 is 1.11 bits per heavy atom. The Morgan fingerprint density at radius 2 is 1.81 bits per heavy atom. The third-order valence-corrected chi connectivity index (χ3v) is 4.96. The first-order valence-corrected chi connectivity index (χ1v) is 9.45. The SMILES string of the molecule is O=C(NC1CCCCCC1)c1ccccc1NC1=CC(=O)N(CCO)C1=O. The number of amides is 3. The van der Waals surface area contributed by atoms with Crippen molar-refractivity contribution in [2.45, 2.75) is 44.6 Å². The number of hydrogen-bond donors (Lipinski definition) is 3. The summed E-state index contributed by atoms with van der Waals surface area (Å²) in [6.45, 7) is -0.345. The predicted octanol–water partition coefficient (Wildman–Crippen LogP) is 1.80. The predicted molar refractivity (Wildman–Crippen MR) is 101 cm³/mol. The van der Waals surface area contributed by atoms with Crippen LogP contribution in [-0.4, -0.2) is 46.9 Å². The van der Waals surface area contributed by atoms with Crippen molar-refractivity contribution in [2.75, 3.05) is 18.5 Å². The van der Waals surface area contributed by atoms with Crippen LogP contribution < -0.4 is 10.6 Å². The largest absolute Gasteiger partial charge is 0.395 e. The van der Waals surface area contributed by atoms with Crippen molar-refractivity contribution >= 4 is 23.4 Å². The number of imide groups is 1. The zero-order chi connectivity index (χ0) is 19.2. The molecule has 0 atom stereocenters. The number of carbonyl (C=O) groups is 3. The van der Waals surface area contributed by atoms with Crippen molar-refractivity contribution in [1.29, 1.82) is 0 Å². The molecule has 1 aliphatic heterocycles. The summed E-state index contributed by atoms with van der Waals surface area (Å²) in [6.07, 6.45) is 7.81. The average Bonchev–Trinajstić information content (AvgIpc) is 2.85. The summed E-state index contributed by atoms with van der Waals surface area (Å²) >= 11 is 0. The molecule has 3 amide bonds. The molecule has 0 radical (unpaired) electrons. The van der Waals surface area contributed by atoms with E-state index in [-0.39, 0.29) is 30.8 Å². The van der Waals surface area contributed by atoms with Gasteiger partial charge in [0.25, 0.3) is 17.7 Å². The van der Waals surface area contributed by atoms with Gasteiger partial charge < -0.3 is 15.7 Å². The second-order valence-corrected chi connectivity index (χ2v) is 6.91. The maximum atomic E-state index is 12.8. The standard InChI is InChI=1S/C20H25N3O4/c24-12-11-23-18(25)13-17(20(23)27)22-16-10-6-5-9-15(16)19(26)21-14-7-3-1-2-4-8-14/h5-6,9-10,13-14,22,24H,1-4,7-8,11-12H2,(H,21,26). The number of aliphatic hydroxyl groups is 1. The van der Waals surface area contributed by atoms with Gasteiger partial charge in [-0.1, -0.05) is 37.8 Å². The minimum absolute atomic E-state index is 0.0524. The second kappa shape index (κ2) is 8.81. The number of rotatable bonds is 6. The minimum Gasteiger partial charge on any atom is -0.395 e. The molecule has 1 aromatic carbocycles. The van der Waals surface area contributed by atoms with Crippen molar-refractivity contribution in [3.63, 3.8) is 0 Å². The van der Waals surface area contributed by atoms with E-state index in [1.165, 1.54) is 18.9 Å². The lowest BCUT2D eigenvalue weighted by molar-refractivity contribution is -0.137. The average molecular weight is 371 g/mol. The molecule has 1 fully saturated rings. The van der Waals surface area contributed by atoms with Crippen LogP contribution >= 0.6 is 0 Å². The smallest absolute Gasteiger partial charge is 0.277 e. The number of β-amino-alcohol motifs (C(OH)–C–C–N with tert-alkyl or cyclic N) is 1. The topological polar surface area (TPSA) is 98.7 Å². The van der Waals surface area contributed by atoms with Crippen LogP contribution in [0, 0.1) is 0 Å². The van der Waals surface area contributed by atoms with Gasteiger partial charge in [-0.2, -0.15) is 0 Å². The van der Waals surface area contributed by atoms with Gasteiger partial charge in [-0.15, -0.1) is 0 Å². The van der Waals surface area contributed by atoms with E-state index in [9.17, 15) is 14.4 Å². The van der Waals surface area contributed by atoms with E-state index in [0.29, 0.717) is 11.3 Å². The molecule has 3 rings (SSSR count). The molecule has 144 valence electrons. The molecule has 0 aromatic heterocycles. The minimum atomic E-state index is -0.506. The number of nitrogens with one attached hydrogen (secondary N) is 2. The fraction of sp³-hybridized carbons (Fsp3) is 0.450. The van der Waals surface area contributed by atoms with E-state index in [2.05, 4.69) is 10.6 Å². The number of nitrogens with zero attached hydrogens (tertiary/aromatic N) is 1. The molecule has 0 spiro atoms. The van der Waals surface area contributed by atoms with Crippen molar-refractivity contribution in [1.82, 2.24) is 10.2 Å². The second-order valence-electron chi connectivity index (χ2n) is 6.91. The molecular formula is C20H25N3O4. The quantitative estimate of drug-likeness (QED) is 0.523. The molecule has 1 heterocycles. The Bertz CT molecular complexity index is 751. The van der Waals surface area contributed by atoms with E-state index >= 15 is 0 Å². The zero-order valence-electron chi connectivity index (χ0n) is 15.2. The number of carbonyl (C=O) groups excluding carboxylic acids is 3. The first-order valence-electron chi connectivity index (χ1n) is 9.45. The van der Waals surface area contributed by atoms with Crippen LogP contribution in [0.2, 0.25) is 0 Å². The molecule has 0 saturated heterocycles. The highest BCUT2D eigenvalue weighted by Crippen LogP contribution is 2.22. The molecule has 7 nitrogen and oxygen atoms in total. The summed E-state index contributed by atoms with van der Waals surface area (Å²) < 4.78 is 0. The highest BCUT2D eigenvalue weighted by molar-refractivity contribution is 6.17. The van der Waals surface area contributed by atoms with Gasteiger partial charge in [-0.05, 0) is 25.0 Å². The molecule has 0 bridgehead atoms. The molecule has 1 aliphatic carbocycles. The molecule has 1 saturated carbocycles. The summed E-state index contributed by atoms with van der Waals surface area (Å²) in [6, 6.07) is 7.10. The van der Waals surface area contributed by atoms with Gasteiger partial charge >= 0.3 is 0 Å².